The Bertz CT molecular complexity index is 351. The Morgan fingerprint density at radius 1 is 1.57 bits per heavy atom. The lowest BCUT2D eigenvalue weighted by Crippen LogP contribution is -2.07. The van der Waals surface area contributed by atoms with Crippen molar-refractivity contribution in [2.45, 2.75) is 19.4 Å². The molecule has 6 nitrogen and oxygen atoms in total. The molecular formula is C8H10N4O2. The standard InChI is InChI=1S/C8H10N4O2/c1-5-2-7(5)11-8-9-3-6(4-10-8)12(13)14/h3-5,7H,2H2,1H3,(H,9,10,11)/t5-,7-/m1/s1. The molecule has 74 valence electrons. The molecule has 1 saturated carbocycles. The van der Waals surface area contributed by atoms with Crippen LogP contribution >= 0.6 is 0 Å². The molecule has 0 radical (unpaired) electrons. The van der Waals surface area contributed by atoms with Gasteiger partial charge in [0.15, 0.2) is 0 Å². The van der Waals surface area contributed by atoms with E-state index in [0.717, 1.165) is 6.42 Å². The fourth-order valence-corrected chi connectivity index (χ4v) is 1.18. The number of rotatable bonds is 3. The highest BCUT2D eigenvalue weighted by atomic mass is 16.6. The first-order valence-electron chi connectivity index (χ1n) is 4.40. The lowest BCUT2D eigenvalue weighted by molar-refractivity contribution is -0.385. The molecule has 0 spiro atoms. The van der Waals surface area contributed by atoms with Gasteiger partial charge in [-0.25, -0.2) is 9.97 Å². The largest absolute Gasteiger partial charge is 0.351 e. The number of hydrogen-bond donors (Lipinski definition) is 1. The first-order chi connectivity index (χ1) is 6.66. The quantitative estimate of drug-likeness (QED) is 0.577. The number of nitrogens with zero attached hydrogens (tertiary/aromatic N) is 3. The van der Waals surface area contributed by atoms with E-state index in [9.17, 15) is 10.1 Å². The summed E-state index contributed by atoms with van der Waals surface area (Å²) in [6.07, 6.45) is 3.53. The summed E-state index contributed by atoms with van der Waals surface area (Å²) in [5.74, 6) is 1.11. The molecule has 1 aromatic heterocycles. The molecule has 1 aliphatic carbocycles. The van der Waals surface area contributed by atoms with Crippen LogP contribution in [0.15, 0.2) is 12.4 Å². The third-order valence-electron chi connectivity index (χ3n) is 2.27. The highest BCUT2D eigenvalue weighted by Gasteiger charge is 2.32. The summed E-state index contributed by atoms with van der Waals surface area (Å²) in [4.78, 5) is 17.5. The zero-order valence-corrected chi connectivity index (χ0v) is 7.67. The van der Waals surface area contributed by atoms with Gasteiger partial charge in [-0.2, -0.15) is 0 Å². The van der Waals surface area contributed by atoms with Crippen molar-refractivity contribution in [2.75, 3.05) is 5.32 Å². The van der Waals surface area contributed by atoms with Crippen LogP contribution in [0.2, 0.25) is 0 Å². The Labute approximate surface area is 80.5 Å². The van der Waals surface area contributed by atoms with Crippen LogP contribution in [-0.4, -0.2) is 20.9 Å². The molecule has 14 heavy (non-hydrogen) atoms. The van der Waals surface area contributed by atoms with Crippen molar-refractivity contribution in [3.05, 3.63) is 22.5 Å². The van der Waals surface area contributed by atoms with Crippen molar-refractivity contribution >= 4 is 11.6 Å². The van der Waals surface area contributed by atoms with Crippen molar-refractivity contribution in [3.63, 3.8) is 0 Å². The van der Waals surface area contributed by atoms with E-state index in [4.69, 9.17) is 0 Å². The molecule has 0 saturated heterocycles. The van der Waals surface area contributed by atoms with Crippen molar-refractivity contribution < 1.29 is 4.92 Å². The average Bonchev–Trinajstić information content (AvgIpc) is 2.82. The van der Waals surface area contributed by atoms with Crippen LogP contribution in [0.1, 0.15) is 13.3 Å². The number of nitro groups is 1. The van der Waals surface area contributed by atoms with E-state index in [1.165, 1.54) is 12.4 Å². The fraction of sp³-hybridized carbons (Fsp3) is 0.500. The van der Waals surface area contributed by atoms with Gasteiger partial charge in [-0.1, -0.05) is 6.92 Å². The third-order valence-corrected chi connectivity index (χ3v) is 2.27. The van der Waals surface area contributed by atoms with Gasteiger partial charge in [0.05, 0.1) is 4.92 Å². The predicted octanol–water partition coefficient (Wildman–Crippen LogP) is 1.21. The summed E-state index contributed by atoms with van der Waals surface area (Å²) in [6, 6.07) is 0.427. The molecule has 1 fully saturated rings. The van der Waals surface area contributed by atoms with Crippen molar-refractivity contribution in [1.82, 2.24) is 9.97 Å². The van der Waals surface area contributed by atoms with Crippen molar-refractivity contribution in [1.29, 1.82) is 0 Å². The van der Waals surface area contributed by atoms with Crippen molar-refractivity contribution in [2.24, 2.45) is 5.92 Å². The van der Waals surface area contributed by atoms with Gasteiger partial charge in [-0.3, -0.25) is 10.1 Å². The highest BCUT2D eigenvalue weighted by molar-refractivity contribution is 5.33. The van der Waals surface area contributed by atoms with Crippen LogP contribution in [-0.2, 0) is 0 Å². The molecule has 2 atom stereocenters. The smallest absolute Gasteiger partial charge is 0.305 e. The molecule has 2 rings (SSSR count). The molecular weight excluding hydrogens is 184 g/mol. The van der Waals surface area contributed by atoms with Crippen LogP contribution < -0.4 is 5.32 Å². The SMILES string of the molecule is C[C@@H]1C[C@H]1Nc1ncc([N+](=O)[O-])cn1. The summed E-state index contributed by atoms with van der Waals surface area (Å²) in [5, 5.41) is 13.4. The van der Waals surface area contributed by atoms with Gasteiger partial charge in [0.2, 0.25) is 5.95 Å². The minimum Gasteiger partial charge on any atom is -0.351 e. The molecule has 0 aromatic carbocycles. The molecule has 0 bridgehead atoms. The van der Waals surface area contributed by atoms with E-state index in [1.54, 1.807) is 0 Å². The second-order valence-corrected chi connectivity index (χ2v) is 3.49. The molecule has 1 aliphatic rings. The van der Waals surface area contributed by atoms with E-state index < -0.39 is 4.92 Å². The zero-order chi connectivity index (χ0) is 10.1. The maximum absolute atomic E-state index is 10.3. The van der Waals surface area contributed by atoms with Gasteiger partial charge < -0.3 is 5.32 Å². The fourth-order valence-electron chi connectivity index (χ4n) is 1.18. The number of hydrogen-bond acceptors (Lipinski definition) is 5. The maximum atomic E-state index is 10.3. The van der Waals surface area contributed by atoms with Gasteiger partial charge >= 0.3 is 5.69 Å². The number of nitrogens with one attached hydrogen (secondary N) is 1. The van der Waals surface area contributed by atoms with E-state index in [1.807, 2.05) is 0 Å². The summed E-state index contributed by atoms with van der Waals surface area (Å²) in [5.41, 5.74) is -0.0839. The van der Waals surface area contributed by atoms with E-state index in [-0.39, 0.29) is 5.69 Å². The van der Waals surface area contributed by atoms with E-state index in [2.05, 4.69) is 22.2 Å². The van der Waals surface area contributed by atoms with Crippen LogP contribution in [0.5, 0.6) is 0 Å². The molecule has 1 N–H and O–H groups in total. The van der Waals surface area contributed by atoms with Crippen molar-refractivity contribution in [3.8, 4) is 0 Å². The molecule has 1 heterocycles. The van der Waals surface area contributed by atoms with Crippen LogP contribution in [0.25, 0.3) is 0 Å². The van der Waals surface area contributed by atoms with Gasteiger partial charge in [-0.05, 0) is 12.3 Å². The third kappa shape index (κ3) is 1.78. The Morgan fingerprint density at radius 3 is 2.57 bits per heavy atom. The summed E-state index contributed by atoms with van der Waals surface area (Å²) < 4.78 is 0. The first kappa shape index (κ1) is 8.86. The lowest BCUT2D eigenvalue weighted by Gasteiger charge is -2.00. The monoisotopic (exact) mass is 194 g/mol. The van der Waals surface area contributed by atoms with Crippen LogP contribution in [0.4, 0.5) is 11.6 Å². The Balaban J connectivity index is 2.02. The number of aromatic nitrogens is 2. The molecule has 0 amide bonds. The maximum Gasteiger partial charge on any atom is 0.305 e. The number of anilines is 1. The van der Waals surface area contributed by atoms with E-state index in [0.29, 0.717) is 17.9 Å². The molecule has 1 aromatic rings. The van der Waals surface area contributed by atoms with Gasteiger partial charge in [0, 0.05) is 6.04 Å². The molecule has 0 aliphatic heterocycles. The summed E-state index contributed by atoms with van der Waals surface area (Å²) in [6.45, 7) is 2.13. The van der Waals surface area contributed by atoms with Crippen LogP contribution in [0.3, 0.4) is 0 Å². The van der Waals surface area contributed by atoms with Gasteiger partial charge in [0.25, 0.3) is 0 Å². The van der Waals surface area contributed by atoms with Gasteiger partial charge in [-0.15, -0.1) is 0 Å². The average molecular weight is 194 g/mol. The topological polar surface area (TPSA) is 81.0 Å². The Hall–Kier alpha value is -1.72. The second-order valence-electron chi connectivity index (χ2n) is 3.49. The minimum atomic E-state index is -0.510. The molecule has 0 unspecified atom stereocenters. The minimum absolute atomic E-state index is 0.0839. The van der Waals surface area contributed by atoms with Crippen LogP contribution in [0, 0.1) is 16.0 Å². The normalized spacial score (nSPS) is 24.4. The first-order valence-corrected chi connectivity index (χ1v) is 4.40. The summed E-state index contributed by atoms with van der Waals surface area (Å²) >= 11 is 0. The predicted molar refractivity (Wildman–Crippen MR) is 49.9 cm³/mol. The Morgan fingerprint density at radius 2 is 2.14 bits per heavy atom. The highest BCUT2D eigenvalue weighted by Crippen LogP contribution is 2.31. The Kier molecular flexibility index (Phi) is 2.03. The summed E-state index contributed by atoms with van der Waals surface area (Å²) in [7, 11) is 0. The lowest BCUT2D eigenvalue weighted by atomic mass is 10.5. The van der Waals surface area contributed by atoms with E-state index >= 15 is 0 Å². The second kappa shape index (κ2) is 3.21. The molecule has 6 heteroatoms. The van der Waals surface area contributed by atoms with Gasteiger partial charge in [0.1, 0.15) is 12.4 Å². The zero-order valence-electron chi connectivity index (χ0n) is 7.67.